The van der Waals surface area contributed by atoms with Gasteiger partial charge in [0, 0.05) is 25.9 Å². The smallest absolute Gasteiger partial charge is 0.209 e. The lowest BCUT2D eigenvalue weighted by atomic mass is 10.3. The summed E-state index contributed by atoms with van der Waals surface area (Å²) in [5.41, 5.74) is 8.01. The molecule has 1 aromatic heterocycles. The molecule has 18 heavy (non-hydrogen) atoms. The Labute approximate surface area is 107 Å². The number of methoxy groups -OCH3 is 1. The third-order valence-corrected chi connectivity index (χ3v) is 2.75. The van der Waals surface area contributed by atoms with E-state index in [1.165, 1.54) is 0 Å². The van der Waals surface area contributed by atoms with Gasteiger partial charge in [-0.25, -0.2) is 4.98 Å². The summed E-state index contributed by atoms with van der Waals surface area (Å²) in [6.45, 7) is 2.42. The van der Waals surface area contributed by atoms with Gasteiger partial charge in [0.05, 0.1) is 6.54 Å². The Bertz CT molecular complexity index is 510. The molecule has 0 aliphatic carbocycles. The topological polar surface area (TPSA) is 64.5 Å². The van der Waals surface area contributed by atoms with Crippen molar-refractivity contribution in [3.05, 3.63) is 24.1 Å². The molecule has 2 N–H and O–H groups in total. The van der Waals surface area contributed by atoms with Crippen molar-refractivity contribution in [1.29, 1.82) is 0 Å². The third-order valence-electron chi connectivity index (χ3n) is 2.75. The molecule has 2 aromatic rings. The zero-order chi connectivity index (χ0) is 13.0. The highest BCUT2D eigenvalue weighted by molar-refractivity contribution is 5.76. The predicted molar refractivity (Wildman–Crippen MR) is 71.2 cm³/mol. The van der Waals surface area contributed by atoms with Crippen LogP contribution in [0.3, 0.4) is 0 Å². The Hall–Kier alpha value is -1.59. The quantitative estimate of drug-likeness (QED) is 0.625. The van der Waals surface area contributed by atoms with E-state index in [-0.39, 0.29) is 0 Å². The number of benzene rings is 1. The number of rotatable bonds is 6. The van der Waals surface area contributed by atoms with Crippen LogP contribution < -0.4 is 5.73 Å². The second-order valence-electron chi connectivity index (χ2n) is 4.42. The minimum absolute atomic E-state index is 0.693. The Kier molecular flexibility index (Phi) is 4.17. The standard InChI is InChI=1S/C13H19N3O2/c1-16(6-3-7-17-2)9-13-15-11-8-10(14)4-5-12(11)18-13/h4-5,8H,3,6-7,9,14H2,1-2H3. The average molecular weight is 249 g/mol. The van der Waals surface area contributed by atoms with Crippen LogP contribution in [0, 0.1) is 0 Å². The Balaban J connectivity index is 1.98. The highest BCUT2D eigenvalue weighted by Crippen LogP contribution is 2.18. The second kappa shape index (κ2) is 5.84. The maximum Gasteiger partial charge on any atom is 0.209 e. The summed E-state index contributed by atoms with van der Waals surface area (Å²) in [5, 5.41) is 0. The molecular weight excluding hydrogens is 230 g/mol. The molecule has 5 nitrogen and oxygen atoms in total. The molecule has 0 fully saturated rings. The van der Waals surface area contributed by atoms with E-state index in [1.54, 1.807) is 7.11 Å². The Morgan fingerprint density at radius 2 is 2.28 bits per heavy atom. The Morgan fingerprint density at radius 1 is 1.44 bits per heavy atom. The molecule has 0 aliphatic heterocycles. The third kappa shape index (κ3) is 3.21. The molecule has 0 aliphatic rings. The van der Waals surface area contributed by atoms with Gasteiger partial charge in [0.1, 0.15) is 5.52 Å². The highest BCUT2D eigenvalue weighted by Gasteiger charge is 2.08. The summed E-state index contributed by atoms with van der Waals surface area (Å²) in [6.07, 6.45) is 1.00. The number of nitrogen functional groups attached to an aromatic ring is 1. The maximum atomic E-state index is 5.71. The van der Waals surface area contributed by atoms with Gasteiger partial charge in [0.15, 0.2) is 5.58 Å². The first-order chi connectivity index (χ1) is 8.69. The lowest BCUT2D eigenvalue weighted by Crippen LogP contribution is -2.20. The van der Waals surface area contributed by atoms with Gasteiger partial charge in [0.25, 0.3) is 0 Å². The van der Waals surface area contributed by atoms with Gasteiger partial charge >= 0.3 is 0 Å². The molecule has 1 aromatic carbocycles. The van der Waals surface area contributed by atoms with E-state index in [0.29, 0.717) is 12.2 Å². The van der Waals surface area contributed by atoms with Crippen LogP contribution in [-0.2, 0) is 11.3 Å². The van der Waals surface area contributed by atoms with Gasteiger partial charge in [-0.15, -0.1) is 0 Å². The van der Waals surface area contributed by atoms with E-state index in [2.05, 4.69) is 9.88 Å². The van der Waals surface area contributed by atoms with Crippen LogP contribution in [-0.4, -0.2) is 37.2 Å². The lowest BCUT2D eigenvalue weighted by Gasteiger charge is -2.13. The van der Waals surface area contributed by atoms with Crippen molar-refractivity contribution in [2.75, 3.05) is 33.0 Å². The van der Waals surface area contributed by atoms with E-state index >= 15 is 0 Å². The van der Waals surface area contributed by atoms with Gasteiger partial charge < -0.3 is 14.9 Å². The minimum atomic E-state index is 0.693. The van der Waals surface area contributed by atoms with Crippen LogP contribution in [0.1, 0.15) is 12.3 Å². The molecule has 1 heterocycles. The van der Waals surface area contributed by atoms with Crippen molar-refractivity contribution in [2.45, 2.75) is 13.0 Å². The molecule has 0 saturated heterocycles. The lowest BCUT2D eigenvalue weighted by molar-refractivity contribution is 0.175. The molecule has 2 rings (SSSR count). The van der Waals surface area contributed by atoms with Gasteiger partial charge in [-0.3, -0.25) is 4.90 Å². The highest BCUT2D eigenvalue weighted by atomic mass is 16.5. The number of hydrogen-bond acceptors (Lipinski definition) is 5. The van der Waals surface area contributed by atoms with Gasteiger partial charge in [0.2, 0.25) is 5.89 Å². The van der Waals surface area contributed by atoms with Gasteiger partial charge in [-0.05, 0) is 31.7 Å². The first-order valence-electron chi connectivity index (χ1n) is 6.01. The van der Waals surface area contributed by atoms with Gasteiger partial charge in [-0.2, -0.15) is 0 Å². The van der Waals surface area contributed by atoms with E-state index in [4.69, 9.17) is 14.9 Å². The van der Waals surface area contributed by atoms with E-state index in [0.717, 1.165) is 36.6 Å². The fourth-order valence-corrected chi connectivity index (χ4v) is 1.85. The molecule has 0 spiro atoms. The molecule has 0 amide bonds. The molecule has 0 bridgehead atoms. The monoisotopic (exact) mass is 249 g/mol. The second-order valence-corrected chi connectivity index (χ2v) is 4.42. The number of oxazole rings is 1. The first kappa shape index (κ1) is 12.9. The largest absolute Gasteiger partial charge is 0.439 e. The van der Waals surface area contributed by atoms with E-state index in [9.17, 15) is 0 Å². The Morgan fingerprint density at radius 3 is 3.06 bits per heavy atom. The maximum absolute atomic E-state index is 5.71. The van der Waals surface area contributed by atoms with Crippen molar-refractivity contribution in [1.82, 2.24) is 9.88 Å². The number of anilines is 1. The fraction of sp³-hybridized carbons (Fsp3) is 0.462. The van der Waals surface area contributed by atoms with E-state index in [1.807, 2.05) is 25.2 Å². The zero-order valence-corrected chi connectivity index (χ0v) is 10.8. The van der Waals surface area contributed by atoms with Crippen LogP contribution in [0.15, 0.2) is 22.6 Å². The van der Waals surface area contributed by atoms with Crippen molar-refractivity contribution in [3.8, 4) is 0 Å². The molecule has 0 saturated carbocycles. The van der Waals surface area contributed by atoms with Crippen molar-refractivity contribution < 1.29 is 9.15 Å². The summed E-state index contributed by atoms with van der Waals surface area (Å²) >= 11 is 0. The fourth-order valence-electron chi connectivity index (χ4n) is 1.85. The normalized spacial score (nSPS) is 11.5. The number of fused-ring (bicyclic) bond motifs is 1. The summed E-state index contributed by atoms with van der Waals surface area (Å²) in [6, 6.07) is 5.50. The van der Waals surface area contributed by atoms with Crippen molar-refractivity contribution in [2.24, 2.45) is 0 Å². The number of hydrogen-bond donors (Lipinski definition) is 1. The summed E-state index contributed by atoms with van der Waals surface area (Å²) in [4.78, 5) is 6.58. The first-order valence-corrected chi connectivity index (χ1v) is 6.01. The predicted octanol–water partition coefficient (Wildman–Crippen LogP) is 1.88. The molecular formula is C13H19N3O2. The van der Waals surface area contributed by atoms with Crippen LogP contribution in [0.4, 0.5) is 5.69 Å². The van der Waals surface area contributed by atoms with E-state index < -0.39 is 0 Å². The van der Waals surface area contributed by atoms with Crippen molar-refractivity contribution in [3.63, 3.8) is 0 Å². The molecule has 5 heteroatoms. The SMILES string of the molecule is COCCCN(C)Cc1nc2cc(N)ccc2o1. The van der Waals surface area contributed by atoms with Crippen LogP contribution in [0.5, 0.6) is 0 Å². The molecule has 0 atom stereocenters. The average Bonchev–Trinajstić information content (AvgIpc) is 2.70. The summed E-state index contributed by atoms with van der Waals surface area (Å²) < 4.78 is 10.7. The summed E-state index contributed by atoms with van der Waals surface area (Å²) in [5.74, 6) is 0.718. The zero-order valence-electron chi connectivity index (χ0n) is 10.8. The van der Waals surface area contributed by atoms with Crippen molar-refractivity contribution >= 4 is 16.8 Å². The molecule has 0 unspecified atom stereocenters. The number of nitrogens with zero attached hydrogens (tertiary/aromatic N) is 2. The van der Waals surface area contributed by atoms with Crippen LogP contribution in [0.25, 0.3) is 11.1 Å². The number of aromatic nitrogens is 1. The van der Waals surface area contributed by atoms with Crippen LogP contribution >= 0.6 is 0 Å². The summed E-state index contributed by atoms with van der Waals surface area (Å²) in [7, 11) is 3.75. The number of ether oxygens (including phenoxy) is 1. The van der Waals surface area contributed by atoms with Gasteiger partial charge in [-0.1, -0.05) is 0 Å². The molecule has 98 valence electrons. The molecule has 0 radical (unpaired) electrons. The van der Waals surface area contributed by atoms with Crippen LogP contribution in [0.2, 0.25) is 0 Å². The number of nitrogens with two attached hydrogens (primary N) is 1. The minimum Gasteiger partial charge on any atom is -0.439 e.